The number of benzene rings is 2. The van der Waals surface area contributed by atoms with Crippen molar-refractivity contribution in [2.75, 3.05) is 30.5 Å². The van der Waals surface area contributed by atoms with Gasteiger partial charge in [-0.2, -0.15) is 0 Å². The number of carbonyl (C=O) groups is 3. The molecule has 2 amide bonds. The topological polar surface area (TPSA) is 94.2 Å². The fourth-order valence-corrected chi connectivity index (χ4v) is 3.24. The summed E-state index contributed by atoms with van der Waals surface area (Å²) in [5, 5.41) is 2.79. The monoisotopic (exact) mass is 424 g/mol. The Hall–Kier alpha value is -3.81. The van der Waals surface area contributed by atoms with Crippen molar-refractivity contribution in [1.29, 1.82) is 0 Å². The van der Waals surface area contributed by atoms with E-state index in [9.17, 15) is 14.4 Å². The lowest BCUT2D eigenvalue weighted by Crippen LogP contribution is -2.59. The van der Waals surface area contributed by atoms with Gasteiger partial charge < -0.3 is 19.5 Å². The van der Waals surface area contributed by atoms with E-state index in [0.717, 1.165) is 0 Å². The Balaban J connectivity index is 1.75. The van der Waals surface area contributed by atoms with Crippen molar-refractivity contribution in [1.82, 2.24) is 0 Å². The molecule has 0 bridgehead atoms. The molecule has 1 aliphatic rings. The third kappa shape index (κ3) is 4.37. The fourth-order valence-electron chi connectivity index (χ4n) is 3.24. The highest BCUT2D eigenvalue weighted by molar-refractivity contribution is 6.14. The highest BCUT2D eigenvalue weighted by Crippen LogP contribution is 2.36. The molecule has 1 N–H and O–H groups in total. The summed E-state index contributed by atoms with van der Waals surface area (Å²) >= 11 is 0. The van der Waals surface area contributed by atoms with E-state index in [1.165, 1.54) is 24.1 Å². The molecule has 8 heteroatoms. The van der Waals surface area contributed by atoms with Crippen LogP contribution in [-0.4, -0.2) is 43.6 Å². The van der Waals surface area contributed by atoms with Crippen LogP contribution in [0, 0.1) is 0 Å². The van der Waals surface area contributed by atoms with Gasteiger partial charge in [-0.15, -0.1) is 0 Å². The van der Waals surface area contributed by atoms with E-state index in [-0.39, 0.29) is 18.1 Å². The number of nitrogens with zero attached hydrogens (tertiary/aromatic N) is 1. The van der Waals surface area contributed by atoms with Crippen LogP contribution in [0.1, 0.15) is 24.2 Å². The van der Waals surface area contributed by atoms with E-state index in [4.69, 9.17) is 14.2 Å². The molecule has 0 radical (unpaired) electrons. The zero-order valence-corrected chi connectivity index (χ0v) is 17.6. The Morgan fingerprint density at radius 3 is 2.61 bits per heavy atom. The largest absolute Gasteiger partial charge is 0.493 e. The summed E-state index contributed by atoms with van der Waals surface area (Å²) < 4.78 is 15.9. The number of methoxy groups -OCH3 is 1. The van der Waals surface area contributed by atoms with Crippen molar-refractivity contribution in [3.05, 3.63) is 60.7 Å². The quantitative estimate of drug-likeness (QED) is 0.542. The number of hydrogen-bond acceptors (Lipinski definition) is 6. The lowest BCUT2D eigenvalue weighted by atomic mass is 9.96. The average molecular weight is 424 g/mol. The molecule has 0 aromatic heterocycles. The predicted octanol–water partition coefficient (Wildman–Crippen LogP) is 3.18. The molecule has 0 aliphatic carbocycles. The molecule has 1 heterocycles. The Morgan fingerprint density at radius 2 is 1.90 bits per heavy atom. The van der Waals surface area contributed by atoms with E-state index in [0.29, 0.717) is 22.9 Å². The van der Waals surface area contributed by atoms with Crippen LogP contribution in [0.2, 0.25) is 0 Å². The average Bonchev–Trinajstić information content (AvgIpc) is 2.76. The van der Waals surface area contributed by atoms with Crippen molar-refractivity contribution in [3.63, 3.8) is 0 Å². The number of nitrogens with one attached hydrogen (secondary N) is 1. The Bertz CT molecular complexity index is 1030. The summed E-state index contributed by atoms with van der Waals surface area (Å²) in [6, 6.07) is 11.5. The highest BCUT2D eigenvalue weighted by atomic mass is 16.5. The molecule has 3 rings (SSSR count). The van der Waals surface area contributed by atoms with E-state index in [1.807, 2.05) is 0 Å². The first kappa shape index (κ1) is 21.9. The van der Waals surface area contributed by atoms with Crippen LogP contribution in [0.25, 0.3) is 0 Å². The number of amides is 2. The standard InChI is InChI=1S/C23H24N2O6/c1-5-12-30-18-11-10-15(13-19(18)29-4)21(27)31-14-20(26)25-17-9-7-6-8-16(17)24-22(28)23(25,2)3/h5-11,13H,1,12,14H2,2-4H3,(H,24,28). The first-order valence-electron chi connectivity index (χ1n) is 9.62. The van der Waals surface area contributed by atoms with E-state index in [2.05, 4.69) is 11.9 Å². The molecule has 0 saturated heterocycles. The van der Waals surface area contributed by atoms with Gasteiger partial charge in [-0.05, 0) is 44.2 Å². The summed E-state index contributed by atoms with van der Waals surface area (Å²) in [7, 11) is 1.45. The van der Waals surface area contributed by atoms with Crippen LogP contribution < -0.4 is 19.7 Å². The fraction of sp³-hybridized carbons (Fsp3) is 0.261. The van der Waals surface area contributed by atoms with E-state index in [1.54, 1.807) is 50.3 Å². The normalized spacial score (nSPS) is 14.2. The molecule has 0 spiro atoms. The van der Waals surface area contributed by atoms with Gasteiger partial charge in [0.15, 0.2) is 18.1 Å². The molecule has 2 aromatic carbocycles. The first-order valence-corrected chi connectivity index (χ1v) is 9.62. The summed E-state index contributed by atoms with van der Waals surface area (Å²) in [5.41, 5.74) is 0.113. The van der Waals surface area contributed by atoms with Crippen LogP contribution in [0.3, 0.4) is 0 Å². The maximum atomic E-state index is 13.0. The molecule has 2 aromatic rings. The Labute approximate surface area is 180 Å². The molecular formula is C23H24N2O6. The van der Waals surface area contributed by atoms with Crippen LogP contribution >= 0.6 is 0 Å². The minimum atomic E-state index is -1.15. The number of carbonyl (C=O) groups excluding carboxylic acids is 3. The molecule has 0 saturated carbocycles. The Kier molecular flexibility index (Phi) is 6.29. The van der Waals surface area contributed by atoms with Gasteiger partial charge in [-0.1, -0.05) is 24.8 Å². The maximum Gasteiger partial charge on any atom is 0.338 e. The van der Waals surface area contributed by atoms with Crippen LogP contribution in [0.4, 0.5) is 11.4 Å². The number of para-hydroxylation sites is 2. The number of esters is 1. The summed E-state index contributed by atoms with van der Waals surface area (Å²) in [6.07, 6.45) is 1.59. The Morgan fingerprint density at radius 1 is 1.16 bits per heavy atom. The predicted molar refractivity (Wildman–Crippen MR) is 116 cm³/mol. The van der Waals surface area contributed by atoms with Crippen LogP contribution in [0.15, 0.2) is 55.1 Å². The van der Waals surface area contributed by atoms with Crippen molar-refractivity contribution < 1.29 is 28.6 Å². The van der Waals surface area contributed by atoms with E-state index >= 15 is 0 Å². The number of rotatable bonds is 7. The molecule has 8 nitrogen and oxygen atoms in total. The third-order valence-electron chi connectivity index (χ3n) is 4.84. The number of fused-ring (bicyclic) bond motifs is 1. The third-order valence-corrected chi connectivity index (χ3v) is 4.84. The van der Waals surface area contributed by atoms with Gasteiger partial charge in [0.1, 0.15) is 12.1 Å². The van der Waals surface area contributed by atoms with Crippen LogP contribution in [0.5, 0.6) is 11.5 Å². The van der Waals surface area contributed by atoms with Gasteiger partial charge in [-0.25, -0.2) is 4.79 Å². The lowest BCUT2D eigenvalue weighted by Gasteiger charge is -2.41. The first-order chi connectivity index (χ1) is 14.8. The molecule has 31 heavy (non-hydrogen) atoms. The van der Waals surface area contributed by atoms with Crippen molar-refractivity contribution in [2.24, 2.45) is 0 Å². The van der Waals surface area contributed by atoms with Crippen molar-refractivity contribution in [2.45, 2.75) is 19.4 Å². The van der Waals surface area contributed by atoms with Gasteiger partial charge in [-0.3, -0.25) is 14.5 Å². The minimum absolute atomic E-state index is 0.201. The molecule has 0 unspecified atom stereocenters. The number of anilines is 2. The minimum Gasteiger partial charge on any atom is -0.493 e. The lowest BCUT2D eigenvalue weighted by molar-refractivity contribution is -0.128. The van der Waals surface area contributed by atoms with Gasteiger partial charge in [0, 0.05) is 0 Å². The summed E-state index contributed by atoms with van der Waals surface area (Å²) in [5.74, 6) is -0.739. The second kappa shape index (κ2) is 8.91. The van der Waals surface area contributed by atoms with Gasteiger partial charge in [0.2, 0.25) is 5.91 Å². The van der Waals surface area contributed by atoms with Crippen molar-refractivity contribution in [3.8, 4) is 11.5 Å². The van der Waals surface area contributed by atoms with Gasteiger partial charge in [0.05, 0.1) is 24.0 Å². The van der Waals surface area contributed by atoms with Crippen molar-refractivity contribution >= 4 is 29.2 Å². The molecule has 0 atom stereocenters. The SMILES string of the molecule is C=CCOc1ccc(C(=O)OCC(=O)N2c3ccccc3NC(=O)C2(C)C)cc1OC. The van der Waals surface area contributed by atoms with Gasteiger partial charge in [0.25, 0.3) is 5.91 Å². The zero-order chi connectivity index (χ0) is 22.6. The second-order valence-corrected chi connectivity index (χ2v) is 7.30. The molecule has 1 aliphatic heterocycles. The van der Waals surface area contributed by atoms with E-state index < -0.39 is 24.0 Å². The second-order valence-electron chi connectivity index (χ2n) is 7.30. The molecule has 162 valence electrons. The number of hydrogen-bond donors (Lipinski definition) is 1. The highest BCUT2D eigenvalue weighted by Gasteiger charge is 2.43. The summed E-state index contributed by atoms with van der Waals surface area (Å²) in [6.45, 7) is 6.60. The zero-order valence-electron chi connectivity index (χ0n) is 17.6. The smallest absolute Gasteiger partial charge is 0.338 e. The van der Waals surface area contributed by atoms with Gasteiger partial charge >= 0.3 is 5.97 Å². The summed E-state index contributed by atoms with van der Waals surface area (Å²) in [4.78, 5) is 39.3. The van der Waals surface area contributed by atoms with Crippen LogP contribution in [-0.2, 0) is 14.3 Å². The maximum absolute atomic E-state index is 13.0. The number of ether oxygens (including phenoxy) is 3. The molecular weight excluding hydrogens is 400 g/mol. The molecule has 0 fully saturated rings.